The van der Waals surface area contributed by atoms with Crippen molar-refractivity contribution in [1.29, 1.82) is 10.5 Å². The summed E-state index contributed by atoms with van der Waals surface area (Å²) in [4.78, 5) is 4.74. The number of aryl methyl sites for hydroxylation is 4. The standard InChI is InChI=1S/C55H40N4/c1-35-19-29-49(37(3)31-35)58(41-25-21-39(33-56)22-26-41)51-17-9-15-47-53(51)43-11-5-7-13-45(43)55(47)46-14-8-6-12-44(46)54-48(55)16-10-18-52(54)59(42-27-23-40(34-57)24-28-42)50-30-20-36(2)32-38(50)4/h5-32H,1-4H3. The highest BCUT2D eigenvalue weighted by atomic mass is 15.2. The van der Waals surface area contributed by atoms with Gasteiger partial charge in [0.1, 0.15) is 0 Å². The lowest BCUT2D eigenvalue weighted by molar-refractivity contribution is 0.793. The van der Waals surface area contributed by atoms with E-state index in [2.05, 4.69) is 195 Å². The average Bonchev–Trinajstić information content (AvgIpc) is 3.74. The van der Waals surface area contributed by atoms with Crippen LogP contribution < -0.4 is 9.80 Å². The van der Waals surface area contributed by atoms with Crippen LogP contribution >= 0.6 is 0 Å². The summed E-state index contributed by atoms with van der Waals surface area (Å²) in [6.07, 6.45) is 0. The summed E-state index contributed by atoms with van der Waals surface area (Å²) >= 11 is 0. The van der Waals surface area contributed by atoms with Crippen LogP contribution in [0.15, 0.2) is 170 Å². The monoisotopic (exact) mass is 756 g/mol. The molecule has 280 valence electrons. The predicted molar refractivity (Wildman–Crippen MR) is 240 cm³/mol. The molecule has 0 atom stereocenters. The maximum atomic E-state index is 9.74. The molecule has 0 N–H and O–H groups in total. The zero-order valence-corrected chi connectivity index (χ0v) is 33.5. The van der Waals surface area contributed by atoms with Gasteiger partial charge >= 0.3 is 0 Å². The van der Waals surface area contributed by atoms with Gasteiger partial charge in [0.25, 0.3) is 0 Å². The minimum atomic E-state index is -0.610. The van der Waals surface area contributed by atoms with Crippen LogP contribution in [0.2, 0.25) is 0 Å². The molecule has 2 aliphatic rings. The van der Waals surface area contributed by atoms with Gasteiger partial charge in [-0.25, -0.2) is 0 Å². The first-order chi connectivity index (χ1) is 28.8. The van der Waals surface area contributed by atoms with Gasteiger partial charge in [0.15, 0.2) is 0 Å². The smallest absolute Gasteiger partial charge is 0.0991 e. The topological polar surface area (TPSA) is 54.1 Å². The molecular formula is C55H40N4. The zero-order chi connectivity index (χ0) is 40.4. The van der Waals surface area contributed by atoms with E-state index in [0.717, 1.165) is 34.1 Å². The van der Waals surface area contributed by atoms with Crippen molar-refractivity contribution in [3.8, 4) is 34.4 Å². The first-order valence-corrected chi connectivity index (χ1v) is 20.1. The molecule has 0 amide bonds. The number of anilines is 6. The summed E-state index contributed by atoms with van der Waals surface area (Å²) in [5.74, 6) is 0. The summed E-state index contributed by atoms with van der Waals surface area (Å²) in [5, 5.41) is 19.5. The second-order valence-electron chi connectivity index (χ2n) is 15.8. The molecule has 0 aromatic heterocycles. The van der Waals surface area contributed by atoms with Gasteiger partial charge in [-0.05, 0) is 145 Å². The SMILES string of the molecule is Cc1ccc(N(c2ccc(C#N)cc2)c2cccc3c2-c2ccccc2C32c3ccccc3-c3c(N(c4ccc(C#N)cc4)c4ccc(C)cc4C)cccc32)c(C)c1. The molecule has 0 unspecified atom stereocenters. The van der Waals surface area contributed by atoms with Crippen molar-refractivity contribution < 1.29 is 0 Å². The van der Waals surface area contributed by atoms with Gasteiger partial charge in [0.05, 0.1) is 40.1 Å². The lowest BCUT2D eigenvalue weighted by atomic mass is 9.70. The van der Waals surface area contributed by atoms with Crippen LogP contribution in [-0.4, -0.2) is 0 Å². The molecule has 8 aromatic rings. The van der Waals surface area contributed by atoms with Crippen LogP contribution in [0.5, 0.6) is 0 Å². The van der Waals surface area contributed by atoms with Crippen molar-refractivity contribution in [2.24, 2.45) is 0 Å². The van der Waals surface area contributed by atoms with E-state index in [1.165, 1.54) is 66.8 Å². The van der Waals surface area contributed by atoms with Crippen LogP contribution in [-0.2, 0) is 5.41 Å². The normalized spacial score (nSPS) is 12.5. The Morgan fingerprint density at radius 2 is 0.780 bits per heavy atom. The molecule has 0 saturated carbocycles. The zero-order valence-electron chi connectivity index (χ0n) is 33.5. The first kappa shape index (κ1) is 35.7. The fraction of sp³-hybridized carbons (Fsp3) is 0.0909. The molecule has 2 aliphatic carbocycles. The number of hydrogen-bond acceptors (Lipinski definition) is 4. The summed E-state index contributed by atoms with van der Waals surface area (Å²) in [6, 6.07) is 65.2. The number of rotatable bonds is 6. The lowest BCUT2D eigenvalue weighted by Crippen LogP contribution is -2.26. The molecule has 0 radical (unpaired) electrons. The Morgan fingerprint density at radius 3 is 1.17 bits per heavy atom. The third-order valence-corrected chi connectivity index (χ3v) is 12.3. The van der Waals surface area contributed by atoms with E-state index >= 15 is 0 Å². The van der Waals surface area contributed by atoms with Crippen molar-refractivity contribution in [1.82, 2.24) is 0 Å². The van der Waals surface area contributed by atoms with Crippen molar-refractivity contribution in [3.05, 3.63) is 225 Å². The fourth-order valence-corrected chi connectivity index (χ4v) is 9.87. The third kappa shape index (κ3) is 5.35. The van der Waals surface area contributed by atoms with E-state index < -0.39 is 5.41 Å². The number of benzene rings is 8. The van der Waals surface area contributed by atoms with Gasteiger partial charge in [0.2, 0.25) is 0 Å². The van der Waals surface area contributed by atoms with Crippen molar-refractivity contribution in [2.45, 2.75) is 33.1 Å². The van der Waals surface area contributed by atoms with Crippen LogP contribution in [0.4, 0.5) is 34.1 Å². The molecule has 1 spiro atoms. The number of hydrogen-bond donors (Lipinski definition) is 0. The summed E-state index contributed by atoms with van der Waals surface area (Å²) in [6.45, 7) is 8.62. The third-order valence-electron chi connectivity index (χ3n) is 12.3. The second kappa shape index (κ2) is 13.8. The Hall–Kier alpha value is -7.66. The molecular weight excluding hydrogens is 717 g/mol. The highest BCUT2D eigenvalue weighted by molar-refractivity contribution is 6.04. The van der Waals surface area contributed by atoms with Crippen LogP contribution in [0, 0.1) is 50.4 Å². The lowest BCUT2D eigenvalue weighted by Gasteiger charge is -2.33. The van der Waals surface area contributed by atoms with Crippen molar-refractivity contribution >= 4 is 34.1 Å². The minimum absolute atomic E-state index is 0.610. The van der Waals surface area contributed by atoms with Gasteiger partial charge in [-0.1, -0.05) is 108 Å². The van der Waals surface area contributed by atoms with Crippen LogP contribution in [0.1, 0.15) is 55.6 Å². The Labute approximate surface area is 346 Å². The Kier molecular flexibility index (Phi) is 8.34. The Morgan fingerprint density at radius 1 is 0.390 bits per heavy atom. The first-order valence-electron chi connectivity index (χ1n) is 20.1. The van der Waals surface area contributed by atoms with E-state index in [0.29, 0.717) is 11.1 Å². The summed E-state index contributed by atoms with van der Waals surface area (Å²) in [7, 11) is 0. The Balaban J connectivity index is 1.28. The van der Waals surface area contributed by atoms with E-state index in [9.17, 15) is 10.5 Å². The largest absolute Gasteiger partial charge is 0.310 e. The van der Waals surface area contributed by atoms with E-state index in [4.69, 9.17) is 0 Å². The maximum absolute atomic E-state index is 9.74. The summed E-state index contributed by atoms with van der Waals surface area (Å²) < 4.78 is 0. The van der Waals surface area contributed by atoms with E-state index in [1.54, 1.807) is 0 Å². The van der Waals surface area contributed by atoms with Crippen LogP contribution in [0.3, 0.4) is 0 Å². The molecule has 0 aliphatic heterocycles. The molecule has 0 saturated heterocycles. The van der Waals surface area contributed by atoms with Gasteiger partial charge in [0, 0.05) is 33.9 Å². The van der Waals surface area contributed by atoms with Gasteiger partial charge < -0.3 is 9.80 Å². The van der Waals surface area contributed by atoms with Crippen LogP contribution in [0.25, 0.3) is 22.3 Å². The molecule has 0 fully saturated rings. The molecule has 4 nitrogen and oxygen atoms in total. The molecule has 10 rings (SSSR count). The molecule has 8 aromatic carbocycles. The number of nitrogens with zero attached hydrogens (tertiary/aromatic N) is 4. The van der Waals surface area contributed by atoms with Gasteiger partial charge in [-0.2, -0.15) is 10.5 Å². The van der Waals surface area contributed by atoms with Gasteiger partial charge in [-0.3, -0.25) is 0 Å². The van der Waals surface area contributed by atoms with E-state index in [-0.39, 0.29) is 0 Å². The predicted octanol–water partition coefficient (Wildman–Crippen LogP) is 13.9. The summed E-state index contributed by atoms with van der Waals surface area (Å²) in [5.41, 5.74) is 21.5. The number of nitriles is 2. The highest BCUT2D eigenvalue weighted by Crippen LogP contribution is 2.66. The van der Waals surface area contributed by atoms with Crippen molar-refractivity contribution in [2.75, 3.05) is 9.80 Å². The fourth-order valence-electron chi connectivity index (χ4n) is 9.87. The highest BCUT2D eigenvalue weighted by Gasteiger charge is 2.53. The van der Waals surface area contributed by atoms with Gasteiger partial charge in [-0.15, -0.1) is 0 Å². The molecule has 4 heteroatoms. The quantitative estimate of drug-likeness (QED) is 0.170. The molecule has 0 bridgehead atoms. The second-order valence-corrected chi connectivity index (χ2v) is 15.8. The number of fused-ring (bicyclic) bond motifs is 10. The molecule has 0 heterocycles. The van der Waals surface area contributed by atoms with E-state index in [1.807, 2.05) is 24.3 Å². The average molecular weight is 757 g/mol. The van der Waals surface area contributed by atoms with Crippen molar-refractivity contribution in [3.63, 3.8) is 0 Å². The minimum Gasteiger partial charge on any atom is -0.310 e. The maximum Gasteiger partial charge on any atom is 0.0991 e. The Bertz CT molecular complexity index is 2860. The molecule has 59 heavy (non-hydrogen) atoms.